The normalized spacial score (nSPS) is 23.0. The third-order valence-electron chi connectivity index (χ3n) is 5.11. The number of ether oxygens (including phenoxy) is 1. The van der Waals surface area contributed by atoms with E-state index in [1.54, 1.807) is 4.90 Å². The van der Waals surface area contributed by atoms with Gasteiger partial charge in [0.1, 0.15) is 0 Å². The van der Waals surface area contributed by atoms with Crippen LogP contribution in [-0.4, -0.2) is 48.3 Å². The van der Waals surface area contributed by atoms with Gasteiger partial charge in [0.05, 0.1) is 5.60 Å². The number of carbonyl (C=O) groups excluding carboxylic acids is 1. The number of carbonyl (C=O) groups is 1. The average Bonchev–Trinajstić information content (AvgIpc) is 2.48. The van der Waals surface area contributed by atoms with Gasteiger partial charge in [-0.3, -0.25) is 4.79 Å². The Morgan fingerprint density at radius 1 is 1.24 bits per heavy atom. The van der Waals surface area contributed by atoms with Crippen LogP contribution in [0.2, 0.25) is 0 Å². The maximum absolute atomic E-state index is 12.2. The summed E-state index contributed by atoms with van der Waals surface area (Å²) in [6.07, 6.45) is 10.9. The van der Waals surface area contributed by atoms with Crippen molar-refractivity contribution >= 4 is 5.91 Å². The number of hydrogen-bond donors (Lipinski definition) is 1. The van der Waals surface area contributed by atoms with Crippen LogP contribution in [0.15, 0.2) is 0 Å². The molecule has 0 aromatic carbocycles. The molecule has 0 aromatic heterocycles. The van der Waals surface area contributed by atoms with Crippen LogP contribution in [-0.2, 0) is 9.53 Å². The highest BCUT2D eigenvalue weighted by molar-refractivity contribution is 5.75. The van der Waals surface area contributed by atoms with Crippen LogP contribution in [0.25, 0.3) is 0 Å². The molecule has 21 heavy (non-hydrogen) atoms. The fraction of sp³-hybridized carbons (Fsp3) is 0.941. The molecule has 1 saturated carbocycles. The SMILES string of the molecule is CN(CC1(O)CCOCC1)C(=O)CCCC1CCCCC1. The first-order chi connectivity index (χ1) is 10.1. The number of nitrogens with zero attached hydrogens (tertiary/aromatic N) is 1. The van der Waals surface area contributed by atoms with E-state index < -0.39 is 5.60 Å². The van der Waals surface area contributed by atoms with E-state index in [0.29, 0.717) is 39.0 Å². The Balaban J connectivity index is 1.64. The molecule has 1 amide bonds. The zero-order valence-corrected chi connectivity index (χ0v) is 13.5. The molecule has 4 heteroatoms. The van der Waals surface area contributed by atoms with Gasteiger partial charge in [-0.1, -0.05) is 32.1 Å². The van der Waals surface area contributed by atoms with E-state index >= 15 is 0 Å². The number of hydrogen-bond acceptors (Lipinski definition) is 3. The Labute approximate surface area is 128 Å². The second kappa shape index (κ2) is 8.14. The first-order valence-corrected chi connectivity index (χ1v) is 8.63. The molecule has 0 aromatic rings. The second-order valence-electron chi connectivity index (χ2n) is 6.98. The standard InChI is InChI=1S/C17H31NO3/c1-18(14-17(20)10-12-21-13-11-17)16(19)9-5-8-15-6-3-2-4-7-15/h15,20H,2-14H2,1H3. The monoisotopic (exact) mass is 297 g/mol. The Morgan fingerprint density at radius 2 is 1.90 bits per heavy atom. The molecule has 4 nitrogen and oxygen atoms in total. The molecule has 0 radical (unpaired) electrons. The molecule has 0 unspecified atom stereocenters. The molecular formula is C17H31NO3. The van der Waals surface area contributed by atoms with Crippen LogP contribution in [0.5, 0.6) is 0 Å². The van der Waals surface area contributed by atoms with Crippen molar-refractivity contribution in [2.24, 2.45) is 5.92 Å². The number of amides is 1. The molecule has 0 spiro atoms. The lowest BCUT2D eigenvalue weighted by Crippen LogP contribution is -2.47. The molecule has 0 atom stereocenters. The fourth-order valence-corrected chi connectivity index (χ4v) is 3.65. The summed E-state index contributed by atoms with van der Waals surface area (Å²) >= 11 is 0. The lowest BCUT2D eigenvalue weighted by molar-refractivity contribution is -0.136. The van der Waals surface area contributed by atoms with Gasteiger partial charge >= 0.3 is 0 Å². The highest BCUT2D eigenvalue weighted by Crippen LogP contribution is 2.28. The fourth-order valence-electron chi connectivity index (χ4n) is 3.65. The maximum atomic E-state index is 12.2. The number of aliphatic hydroxyl groups is 1. The topological polar surface area (TPSA) is 49.8 Å². The summed E-state index contributed by atoms with van der Waals surface area (Å²) in [5.41, 5.74) is -0.744. The van der Waals surface area contributed by atoms with Gasteiger partial charge in [-0.05, 0) is 18.8 Å². The molecule has 2 rings (SSSR count). The molecule has 0 bridgehead atoms. The molecule has 1 aliphatic carbocycles. The minimum Gasteiger partial charge on any atom is -0.388 e. The van der Waals surface area contributed by atoms with Crippen LogP contribution < -0.4 is 0 Å². The van der Waals surface area contributed by atoms with Crippen LogP contribution >= 0.6 is 0 Å². The van der Waals surface area contributed by atoms with Gasteiger partial charge in [-0.15, -0.1) is 0 Å². The Bertz CT molecular complexity index is 320. The molecule has 1 aliphatic heterocycles. The van der Waals surface area contributed by atoms with Crippen molar-refractivity contribution in [1.82, 2.24) is 4.90 Å². The summed E-state index contributed by atoms with van der Waals surface area (Å²) in [4.78, 5) is 13.9. The Hall–Kier alpha value is -0.610. The lowest BCUT2D eigenvalue weighted by Gasteiger charge is -2.35. The van der Waals surface area contributed by atoms with Gasteiger partial charge in [0, 0.05) is 46.1 Å². The smallest absolute Gasteiger partial charge is 0.222 e. The zero-order chi connectivity index (χ0) is 15.1. The zero-order valence-electron chi connectivity index (χ0n) is 13.5. The molecule has 1 N–H and O–H groups in total. The van der Waals surface area contributed by atoms with Gasteiger partial charge in [0.25, 0.3) is 0 Å². The highest BCUT2D eigenvalue weighted by atomic mass is 16.5. The van der Waals surface area contributed by atoms with Crippen molar-refractivity contribution in [3.05, 3.63) is 0 Å². The highest BCUT2D eigenvalue weighted by Gasteiger charge is 2.32. The average molecular weight is 297 g/mol. The van der Waals surface area contributed by atoms with E-state index in [4.69, 9.17) is 4.74 Å². The third-order valence-corrected chi connectivity index (χ3v) is 5.11. The minimum absolute atomic E-state index is 0.172. The van der Waals surface area contributed by atoms with E-state index in [2.05, 4.69) is 0 Å². The first kappa shape index (κ1) is 16.8. The van der Waals surface area contributed by atoms with Gasteiger partial charge in [-0.2, -0.15) is 0 Å². The van der Waals surface area contributed by atoms with Crippen LogP contribution in [0, 0.1) is 5.92 Å². The van der Waals surface area contributed by atoms with Crippen LogP contribution in [0.4, 0.5) is 0 Å². The maximum Gasteiger partial charge on any atom is 0.222 e. The summed E-state index contributed by atoms with van der Waals surface area (Å²) < 4.78 is 5.28. The minimum atomic E-state index is -0.744. The first-order valence-electron chi connectivity index (χ1n) is 8.63. The predicted molar refractivity (Wildman–Crippen MR) is 83.1 cm³/mol. The number of likely N-dealkylation sites (N-methyl/N-ethyl adjacent to an activating group) is 1. The van der Waals surface area contributed by atoms with Crippen LogP contribution in [0.3, 0.4) is 0 Å². The summed E-state index contributed by atoms with van der Waals surface area (Å²) in [5, 5.41) is 10.4. The van der Waals surface area contributed by atoms with Gasteiger partial charge in [-0.25, -0.2) is 0 Å². The summed E-state index contributed by atoms with van der Waals surface area (Å²) in [6.45, 7) is 1.64. The van der Waals surface area contributed by atoms with Crippen molar-refractivity contribution in [3.8, 4) is 0 Å². The van der Waals surface area contributed by atoms with Crippen molar-refractivity contribution in [3.63, 3.8) is 0 Å². The largest absolute Gasteiger partial charge is 0.388 e. The molecule has 122 valence electrons. The van der Waals surface area contributed by atoms with Crippen molar-refractivity contribution in [2.45, 2.75) is 69.8 Å². The van der Waals surface area contributed by atoms with E-state index in [9.17, 15) is 9.90 Å². The molecule has 1 saturated heterocycles. The van der Waals surface area contributed by atoms with Crippen LogP contribution in [0.1, 0.15) is 64.2 Å². The van der Waals surface area contributed by atoms with Gasteiger partial charge in [0.2, 0.25) is 5.91 Å². The van der Waals surface area contributed by atoms with E-state index in [1.807, 2.05) is 7.05 Å². The quantitative estimate of drug-likeness (QED) is 0.820. The Kier molecular flexibility index (Phi) is 6.49. The lowest BCUT2D eigenvalue weighted by atomic mass is 9.86. The predicted octanol–water partition coefficient (Wildman–Crippen LogP) is 2.74. The molecular weight excluding hydrogens is 266 g/mol. The molecule has 2 aliphatic rings. The second-order valence-corrected chi connectivity index (χ2v) is 6.98. The van der Waals surface area contributed by atoms with Gasteiger partial charge in [0.15, 0.2) is 0 Å². The number of rotatable bonds is 6. The third kappa shape index (κ3) is 5.59. The van der Waals surface area contributed by atoms with E-state index in [0.717, 1.165) is 12.3 Å². The van der Waals surface area contributed by atoms with E-state index in [1.165, 1.54) is 38.5 Å². The summed E-state index contributed by atoms with van der Waals surface area (Å²) in [7, 11) is 1.82. The van der Waals surface area contributed by atoms with Gasteiger partial charge < -0.3 is 14.7 Å². The molecule has 1 heterocycles. The van der Waals surface area contributed by atoms with Crippen molar-refractivity contribution < 1.29 is 14.6 Å². The van der Waals surface area contributed by atoms with Crippen molar-refractivity contribution in [1.29, 1.82) is 0 Å². The Morgan fingerprint density at radius 3 is 2.57 bits per heavy atom. The summed E-state index contributed by atoms with van der Waals surface area (Å²) in [5.74, 6) is 1.02. The van der Waals surface area contributed by atoms with Crippen molar-refractivity contribution in [2.75, 3.05) is 26.8 Å². The van der Waals surface area contributed by atoms with E-state index in [-0.39, 0.29) is 5.91 Å². The summed E-state index contributed by atoms with van der Waals surface area (Å²) in [6, 6.07) is 0. The molecule has 2 fully saturated rings.